The lowest BCUT2D eigenvalue weighted by atomic mass is 10.1. The maximum atomic E-state index is 12.0. The van der Waals surface area contributed by atoms with Crippen molar-refractivity contribution in [1.29, 1.82) is 0 Å². The van der Waals surface area contributed by atoms with Gasteiger partial charge in [-0.15, -0.1) is 0 Å². The minimum Gasteiger partial charge on any atom is -0.502 e. The topological polar surface area (TPSA) is 110 Å². The molecule has 8 heteroatoms. The number of benzene rings is 1. The van der Waals surface area contributed by atoms with Crippen LogP contribution < -0.4 is 0 Å². The lowest BCUT2D eigenvalue weighted by Gasteiger charge is -2.28. The van der Waals surface area contributed by atoms with Crippen LogP contribution in [0.1, 0.15) is 32.4 Å². The number of carbonyl (C=O) groups is 2. The van der Waals surface area contributed by atoms with E-state index >= 15 is 0 Å². The molecule has 1 amide bonds. The molecule has 0 fully saturated rings. The molecule has 0 saturated carbocycles. The molecule has 0 aliphatic carbocycles. The third kappa shape index (κ3) is 4.18. The lowest BCUT2D eigenvalue weighted by Crippen LogP contribution is -2.37. The first-order chi connectivity index (χ1) is 10.1. The molecule has 1 aromatic carbocycles. The molecule has 0 aliphatic heterocycles. The average Bonchev–Trinajstić information content (AvgIpc) is 2.37. The summed E-state index contributed by atoms with van der Waals surface area (Å²) in [7, 11) is 1.37. The van der Waals surface area contributed by atoms with Gasteiger partial charge in [0.1, 0.15) is 17.9 Å². The smallest absolute Gasteiger partial charge is 0.410 e. The fourth-order valence-electron chi connectivity index (χ4n) is 1.72. The number of phenols is 1. The van der Waals surface area contributed by atoms with Gasteiger partial charge >= 0.3 is 11.8 Å². The highest BCUT2D eigenvalue weighted by molar-refractivity contribution is 5.75. The Balaban J connectivity index is 3.06. The molecular weight excluding hydrogens is 292 g/mol. The summed E-state index contributed by atoms with van der Waals surface area (Å²) in [5, 5.41) is 20.3. The largest absolute Gasteiger partial charge is 0.502 e. The molecular formula is C14H18N2O6. The molecule has 1 aromatic rings. The van der Waals surface area contributed by atoms with Crippen molar-refractivity contribution in [3.8, 4) is 5.75 Å². The molecule has 1 atom stereocenters. The second kappa shape index (κ2) is 6.42. The Hall–Kier alpha value is -2.64. The van der Waals surface area contributed by atoms with Gasteiger partial charge in [-0.1, -0.05) is 0 Å². The second-order valence-electron chi connectivity index (χ2n) is 5.68. The number of rotatable bonds is 4. The molecule has 0 saturated heterocycles. The number of aromatic hydroxyl groups is 1. The first-order valence-corrected chi connectivity index (χ1v) is 6.45. The van der Waals surface area contributed by atoms with Crippen LogP contribution in [0.15, 0.2) is 18.2 Å². The van der Waals surface area contributed by atoms with Crippen molar-refractivity contribution in [3.05, 3.63) is 33.9 Å². The van der Waals surface area contributed by atoms with Crippen LogP contribution in [0.5, 0.6) is 5.75 Å². The van der Waals surface area contributed by atoms with Gasteiger partial charge < -0.3 is 14.6 Å². The summed E-state index contributed by atoms with van der Waals surface area (Å²) in [6, 6.07) is 2.43. The Morgan fingerprint density at radius 1 is 1.45 bits per heavy atom. The maximum absolute atomic E-state index is 12.0. The zero-order chi connectivity index (χ0) is 17.1. The van der Waals surface area contributed by atoms with Gasteiger partial charge in [-0.2, -0.15) is 0 Å². The lowest BCUT2D eigenvalue weighted by molar-refractivity contribution is -0.385. The van der Waals surface area contributed by atoms with Gasteiger partial charge in [0.2, 0.25) is 0 Å². The van der Waals surface area contributed by atoms with E-state index in [9.17, 15) is 24.8 Å². The number of aldehydes is 1. The summed E-state index contributed by atoms with van der Waals surface area (Å²) < 4.78 is 5.15. The number of ether oxygens (including phenoxy) is 1. The molecule has 1 N–H and O–H groups in total. The SMILES string of the molecule is CN(C(=O)OC(C)(C)C)C(C=O)c1ccc([N+](=O)[O-])c(O)c1. The van der Waals surface area contributed by atoms with Crippen LogP contribution in [0.25, 0.3) is 0 Å². The molecule has 22 heavy (non-hydrogen) atoms. The zero-order valence-corrected chi connectivity index (χ0v) is 12.8. The van der Waals surface area contributed by atoms with Gasteiger partial charge in [-0.25, -0.2) is 4.79 Å². The molecule has 120 valence electrons. The number of nitro groups is 1. The van der Waals surface area contributed by atoms with Crippen LogP contribution in [0.4, 0.5) is 10.5 Å². The predicted octanol–water partition coefficient (Wildman–Crippen LogP) is 2.41. The van der Waals surface area contributed by atoms with Crippen molar-refractivity contribution in [2.24, 2.45) is 0 Å². The highest BCUT2D eigenvalue weighted by Crippen LogP contribution is 2.30. The van der Waals surface area contributed by atoms with E-state index in [0.29, 0.717) is 6.29 Å². The molecule has 0 aliphatic rings. The number of amides is 1. The fraction of sp³-hybridized carbons (Fsp3) is 0.429. The van der Waals surface area contributed by atoms with E-state index in [1.165, 1.54) is 13.1 Å². The van der Waals surface area contributed by atoms with Crippen LogP contribution in [0.3, 0.4) is 0 Å². The summed E-state index contributed by atoms with van der Waals surface area (Å²) in [6.07, 6.45) is -0.229. The number of hydrogen-bond donors (Lipinski definition) is 1. The van der Waals surface area contributed by atoms with Crippen LogP contribution >= 0.6 is 0 Å². The van der Waals surface area contributed by atoms with Gasteiger partial charge in [-0.3, -0.25) is 15.0 Å². The summed E-state index contributed by atoms with van der Waals surface area (Å²) in [4.78, 5) is 34.2. The average molecular weight is 310 g/mol. The third-order valence-electron chi connectivity index (χ3n) is 2.77. The Labute approximate surface area is 127 Å². The Morgan fingerprint density at radius 2 is 2.05 bits per heavy atom. The van der Waals surface area contributed by atoms with Crippen LogP contribution in [0.2, 0.25) is 0 Å². The first-order valence-electron chi connectivity index (χ1n) is 6.45. The number of carbonyl (C=O) groups excluding carboxylic acids is 2. The molecule has 0 radical (unpaired) electrons. The molecule has 1 rings (SSSR count). The van der Waals surface area contributed by atoms with Crippen LogP contribution in [-0.4, -0.2) is 40.0 Å². The minimum absolute atomic E-state index is 0.242. The standard InChI is InChI=1S/C14H18N2O6/c1-14(2,3)22-13(19)15(4)11(8-17)9-5-6-10(16(20)21)12(18)7-9/h5-8,11,18H,1-4H3. The van der Waals surface area contributed by atoms with E-state index in [1.807, 2.05) is 0 Å². The predicted molar refractivity (Wildman–Crippen MR) is 77.6 cm³/mol. The van der Waals surface area contributed by atoms with E-state index in [1.54, 1.807) is 20.8 Å². The van der Waals surface area contributed by atoms with Crippen molar-refractivity contribution < 1.29 is 24.4 Å². The molecule has 0 aromatic heterocycles. The number of hydrogen-bond acceptors (Lipinski definition) is 6. The van der Waals surface area contributed by atoms with E-state index in [2.05, 4.69) is 0 Å². The summed E-state index contributed by atoms with van der Waals surface area (Å²) in [5.74, 6) is -0.577. The van der Waals surface area contributed by atoms with Gasteiger partial charge in [-0.05, 0) is 38.5 Å². The van der Waals surface area contributed by atoms with Crippen molar-refractivity contribution in [2.75, 3.05) is 7.05 Å². The molecule has 0 bridgehead atoms. The van der Waals surface area contributed by atoms with Crippen molar-refractivity contribution in [3.63, 3.8) is 0 Å². The number of nitro benzene ring substituents is 1. The van der Waals surface area contributed by atoms with Crippen LogP contribution in [0, 0.1) is 10.1 Å². The Kier molecular flexibility index (Phi) is 5.08. The van der Waals surface area contributed by atoms with E-state index < -0.39 is 34.1 Å². The second-order valence-corrected chi connectivity index (χ2v) is 5.68. The number of nitrogens with zero attached hydrogens (tertiary/aromatic N) is 2. The van der Waals surface area contributed by atoms with E-state index in [4.69, 9.17) is 4.74 Å². The first kappa shape index (κ1) is 17.4. The molecule has 1 unspecified atom stereocenters. The van der Waals surface area contributed by atoms with Crippen LogP contribution in [-0.2, 0) is 9.53 Å². The Bertz CT molecular complexity index is 593. The fourth-order valence-corrected chi connectivity index (χ4v) is 1.72. The highest BCUT2D eigenvalue weighted by Gasteiger charge is 2.27. The van der Waals surface area contributed by atoms with Gasteiger partial charge in [0, 0.05) is 13.1 Å². The molecule has 0 heterocycles. The van der Waals surface area contributed by atoms with Gasteiger partial charge in [0.15, 0.2) is 5.75 Å². The Morgan fingerprint density at radius 3 is 2.45 bits per heavy atom. The molecule has 0 spiro atoms. The summed E-state index contributed by atoms with van der Waals surface area (Å²) in [5.41, 5.74) is -0.962. The summed E-state index contributed by atoms with van der Waals surface area (Å²) >= 11 is 0. The van der Waals surface area contributed by atoms with E-state index in [-0.39, 0.29) is 5.56 Å². The van der Waals surface area contributed by atoms with Crippen molar-refractivity contribution in [1.82, 2.24) is 4.90 Å². The minimum atomic E-state index is -1.03. The molecule has 8 nitrogen and oxygen atoms in total. The normalized spacial score (nSPS) is 12.4. The third-order valence-corrected chi connectivity index (χ3v) is 2.77. The zero-order valence-electron chi connectivity index (χ0n) is 12.8. The number of phenolic OH excluding ortho intramolecular Hbond substituents is 1. The van der Waals surface area contributed by atoms with Gasteiger partial charge in [0.25, 0.3) is 0 Å². The van der Waals surface area contributed by atoms with Crippen molar-refractivity contribution >= 4 is 18.1 Å². The summed E-state index contributed by atoms with van der Waals surface area (Å²) in [6.45, 7) is 5.06. The quantitative estimate of drug-likeness (QED) is 0.519. The van der Waals surface area contributed by atoms with Crippen molar-refractivity contribution in [2.45, 2.75) is 32.4 Å². The number of likely N-dealkylation sites (N-methyl/N-ethyl adjacent to an activating group) is 1. The maximum Gasteiger partial charge on any atom is 0.410 e. The van der Waals surface area contributed by atoms with E-state index in [0.717, 1.165) is 17.0 Å². The monoisotopic (exact) mass is 310 g/mol. The highest BCUT2D eigenvalue weighted by atomic mass is 16.6. The van der Waals surface area contributed by atoms with Gasteiger partial charge in [0.05, 0.1) is 4.92 Å².